The molecule has 0 saturated carbocycles. The van der Waals surface area contributed by atoms with Crippen LogP contribution in [0.4, 0.5) is 0 Å². The lowest BCUT2D eigenvalue weighted by Crippen LogP contribution is -2.29. The van der Waals surface area contributed by atoms with Crippen molar-refractivity contribution in [1.29, 1.82) is 0 Å². The zero-order valence-electron chi connectivity index (χ0n) is 8.96. The fraction of sp³-hybridized carbons (Fsp3) is 0.417. The minimum atomic E-state index is 0.0516. The van der Waals surface area contributed by atoms with Gasteiger partial charge in [-0.2, -0.15) is 0 Å². The first kappa shape index (κ1) is 9.97. The number of rotatable bonds is 0. The Morgan fingerprint density at radius 1 is 1.31 bits per heavy atom. The van der Waals surface area contributed by atoms with Crippen molar-refractivity contribution in [2.75, 3.05) is 7.05 Å². The van der Waals surface area contributed by atoms with Gasteiger partial charge in [-0.1, -0.05) is 18.7 Å². The minimum absolute atomic E-state index is 0.0516. The third-order valence-electron chi connectivity index (χ3n) is 2.95. The third kappa shape index (κ3) is 1.80. The maximum atomic E-state index is 4.09. The molecule has 0 N–H and O–H groups in total. The predicted octanol–water partition coefficient (Wildman–Crippen LogP) is 2.76. The molecule has 1 nitrogen and oxygen atoms in total. The van der Waals surface area contributed by atoms with E-state index >= 15 is 0 Å². The lowest BCUT2D eigenvalue weighted by molar-refractivity contribution is -0.426. The topological polar surface area (TPSA) is 3.01 Å². The zero-order chi connectivity index (χ0) is 10.1. The van der Waals surface area contributed by atoms with E-state index in [1.807, 2.05) is 12.2 Å². The van der Waals surface area contributed by atoms with E-state index in [-0.39, 0.29) is 5.41 Å². The highest BCUT2D eigenvalue weighted by Gasteiger charge is 2.30. The first-order valence-electron chi connectivity index (χ1n) is 4.57. The van der Waals surface area contributed by atoms with Crippen molar-refractivity contribution in [2.24, 2.45) is 5.41 Å². The third-order valence-corrected chi connectivity index (χ3v) is 2.95. The molecule has 70 valence electrons. The average molecular weight is 176 g/mol. The summed E-state index contributed by atoms with van der Waals surface area (Å²) in [6, 6.07) is 0. The molecule has 0 aromatic heterocycles. The molecule has 13 heavy (non-hydrogen) atoms. The molecule has 0 atom stereocenters. The summed E-state index contributed by atoms with van der Waals surface area (Å²) >= 11 is 0. The summed E-state index contributed by atoms with van der Waals surface area (Å²) in [4.78, 5) is 0. The molecule has 0 aliphatic carbocycles. The fourth-order valence-electron chi connectivity index (χ4n) is 1.34. The summed E-state index contributed by atoms with van der Waals surface area (Å²) in [5.74, 6) is 0. The Kier molecular flexibility index (Phi) is 2.55. The molecule has 0 unspecified atom stereocenters. The Bertz CT molecular complexity index is 314. The van der Waals surface area contributed by atoms with E-state index in [0.717, 1.165) is 5.57 Å². The van der Waals surface area contributed by atoms with E-state index in [4.69, 9.17) is 0 Å². The molecule has 0 fully saturated rings. The quantitative estimate of drug-likeness (QED) is 0.499. The number of hydrogen-bond acceptors (Lipinski definition) is 0. The monoisotopic (exact) mass is 176 g/mol. The molecule has 0 bridgehead atoms. The average Bonchev–Trinajstić information content (AvgIpc) is 2.08. The minimum Gasteiger partial charge on any atom is -0.208 e. The van der Waals surface area contributed by atoms with Gasteiger partial charge in [0.1, 0.15) is 7.05 Å². The van der Waals surface area contributed by atoms with Crippen LogP contribution in [0.15, 0.2) is 36.6 Å². The second-order valence-electron chi connectivity index (χ2n) is 4.05. The molecule has 0 saturated heterocycles. The number of hydrogen-bond donors (Lipinski definition) is 0. The zero-order valence-corrected chi connectivity index (χ0v) is 8.96. The van der Waals surface area contributed by atoms with Crippen LogP contribution in [0.3, 0.4) is 0 Å². The maximum Gasteiger partial charge on any atom is 0.168 e. The molecule has 1 aliphatic heterocycles. The van der Waals surface area contributed by atoms with Crippen molar-refractivity contribution in [3.63, 3.8) is 0 Å². The van der Waals surface area contributed by atoms with E-state index in [0.29, 0.717) is 0 Å². The SMILES string of the molecule is C=C1/C=C\C=C/[N+](C)=C(C)C1(C)C. The first-order valence-corrected chi connectivity index (χ1v) is 4.57. The molecule has 0 aromatic carbocycles. The molecular formula is C12H18N+. The molecule has 0 amide bonds. The Labute approximate surface area is 80.8 Å². The predicted molar refractivity (Wildman–Crippen MR) is 58.1 cm³/mol. The molecule has 0 spiro atoms. The van der Waals surface area contributed by atoms with Crippen molar-refractivity contribution in [1.82, 2.24) is 0 Å². The molecular weight excluding hydrogens is 158 g/mol. The van der Waals surface area contributed by atoms with Gasteiger partial charge in [-0.15, -0.1) is 0 Å². The summed E-state index contributed by atoms with van der Waals surface area (Å²) in [6.45, 7) is 10.6. The van der Waals surface area contributed by atoms with Crippen LogP contribution in [0, 0.1) is 5.41 Å². The highest BCUT2D eigenvalue weighted by Crippen LogP contribution is 2.28. The lowest BCUT2D eigenvalue weighted by atomic mass is 9.80. The highest BCUT2D eigenvalue weighted by molar-refractivity contribution is 5.86. The molecule has 1 heteroatoms. The van der Waals surface area contributed by atoms with Gasteiger partial charge in [0.15, 0.2) is 11.9 Å². The van der Waals surface area contributed by atoms with Gasteiger partial charge < -0.3 is 0 Å². The van der Waals surface area contributed by atoms with E-state index in [2.05, 4.69) is 51.2 Å². The van der Waals surface area contributed by atoms with Gasteiger partial charge in [0, 0.05) is 13.0 Å². The standard InChI is InChI=1S/C12H18N/c1-10-8-6-7-9-13(5)11(2)12(10,3)4/h6-9H,1H2,2-5H3/q+1/b8-6-,9-7-,13-11?. The largest absolute Gasteiger partial charge is 0.208 e. The van der Waals surface area contributed by atoms with Gasteiger partial charge in [-0.3, -0.25) is 0 Å². The van der Waals surface area contributed by atoms with E-state index in [9.17, 15) is 0 Å². The van der Waals surface area contributed by atoms with Crippen molar-refractivity contribution in [3.05, 3.63) is 36.6 Å². The van der Waals surface area contributed by atoms with Crippen molar-refractivity contribution in [3.8, 4) is 0 Å². The molecule has 0 aromatic rings. The maximum absolute atomic E-state index is 4.09. The van der Waals surface area contributed by atoms with Gasteiger partial charge in [0.25, 0.3) is 0 Å². The normalized spacial score (nSPS) is 26.6. The lowest BCUT2D eigenvalue weighted by Gasteiger charge is -2.23. The molecule has 1 rings (SSSR count). The molecule has 1 aliphatic rings. The first-order chi connectivity index (χ1) is 5.96. The smallest absolute Gasteiger partial charge is 0.168 e. The summed E-state index contributed by atoms with van der Waals surface area (Å²) in [6.07, 6.45) is 8.21. The van der Waals surface area contributed by atoms with Crippen molar-refractivity contribution >= 4 is 5.71 Å². The second kappa shape index (κ2) is 3.33. The van der Waals surface area contributed by atoms with Gasteiger partial charge >= 0.3 is 0 Å². The summed E-state index contributed by atoms with van der Waals surface area (Å²) in [7, 11) is 2.07. The van der Waals surface area contributed by atoms with Crippen LogP contribution in [-0.4, -0.2) is 17.3 Å². The number of allylic oxidation sites excluding steroid dienone is 4. The Balaban J connectivity index is 3.27. The molecule has 1 heterocycles. The van der Waals surface area contributed by atoms with E-state index in [1.54, 1.807) is 0 Å². The van der Waals surface area contributed by atoms with Gasteiger partial charge in [0.2, 0.25) is 0 Å². The van der Waals surface area contributed by atoms with Crippen LogP contribution in [0.1, 0.15) is 20.8 Å². The highest BCUT2D eigenvalue weighted by atomic mass is 15.0. The van der Waals surface area contributed by atoms with Gasteiger partial charge in [-0.05, 0) is 19.4 Å². The van der Waals surface area contributed by atoms with Gasteiger partial charge in [0.05, 0.1) is 5.41 Å². The summed E-state index contributed by atoms with van der Waals surface area (Å²) < 4.78 is 2.15. The van der Waals surface area contributed by atoms with Crippen LogP contribution < -0.4 is 0 Å². The number of nitrogens with zero attached hydrogens (tertiary/aromatic N) is 1. The van der Waals surface area contributed by atoms with E-state index in [1.165, 1.54) is 5.71 Å². The Morgan fingerprint density at radius 2 is 1.92 bits per heavy atom. The van der Waals surface area contributed by atoms with Crippen LogP contribution >= 0.6 is 0 Å². The second-order valence-corrected chi connectivity index (χ2v) is 4.05. The fourth-order valence-corrected chi connectivity index (χ4v) is 1.34. The van der Waals surface area contributed by atoms with Crippen molar-refractivity contribution in [2.45, 2.75) is 20.8 Å². The Morgan fingerprint density at radius 3 is 2.54 bits per heavy atom. The van der Waals surface area contributed by atoms with Crippen LogP contribution in [0.2, 0.25) is 0 Å². The summed E-state index contributed by atoms with van der Waals surface area (Å²) in [5.41, 5.74) is 2.52. The van der Waals surface area contributed by atoms with Crippen LogP contribution in [0.5, 0.6) is 0 Å². The van der Waals surface area contributed by atoms with E-state index < -0.39 is 0 Å². The van der Waals surface area contributed by atoms with Gasteiger partial charge in [-0.25, -0.2) is 4.58 Å². The van der Waals surface area contributed by atoms with Crippen LogP contribution in [0.25, 0.3) is 0 Å². The Hall–Kier alpha value is -1.11. The van der Waals surface area contributed by atoms with Crippen molar-refractivity contribution < 1.29 is 4.58 Å². The molecule has 0 radical (unpaired) electrons. The van der Waals surface area contributed by atoms with Crippen LogP contribution in [-0.2, 0) is 0 Å². The summed E-state index contributed by atoms with van der Waals surface area (Å²) in [5, 5.41) is 0.